The van der Waals surface area contributed by atoms with Crippen LogP contribution in [-0.4, -0.2) is 35.6 Å². The van der Waals surface area contributed by atoms with Gasteiger partial charge in [-0.05, 0) is 36.0 Å². The van der Waals surface area contributed by atoms with Crippen LogP contribution in [0, 0.1) is 0 Å². The molecule has 144 valence electrons. The molecule has 2 aromatic carbocycles. The number of ether oxygens (including phenoxy) is 2. The van der Waals surface area contributed by atoms with Gasteiger partial charge in [0.15, 0.2) is 0 Å². The first-order chi connectivity index (χ1) is 13.2. The maximum atomic E-state index is 10.3. The Morgan fingerprint density at radius 3 is 2.74 bits per heavy atom. The third-order valence-corrected chi connectivity index (χ3v) is 5.83. The van der Waals surface area contributed by atoms with Gasteiger partial charge >= 0.3 is 0 Å². The molecule has 1 saturated heterocycles. The summed E-state index contributed by atoms with van der Waals surface area (Å²) in [6.07, 6.45) is 2.45. The quantitative estimate of drug-likeness (QED) is 0.835. The van der Waals surface area contributed by atoms with Gasteiger partial charge in [0.1, 0.15) is 5.75 Å². The summed E-state index contributed by atoms with van der Waals surface area (Å²) in [5.74, 6) is 0.760. The maximum Gasteiger partial charge on any atom is 0.141 e. The summed E-state index contributed by atoms with van der Waals surface area (Å²) < 4.78 is 12.0. The molecule has 0 radical (unpaired) electrons. The molecule has 5 heteroatoms. The molecule has 4 rings (SSSR count). The van der Waals surface area contributed by atoms with Gasteiger partial charge in [-0.15, -0.1) is 0 Å². The lowest BCUT2D eigenvalue weighted by Gasteiger charge is -2.35. The first kappa shape index (κ1) is 18.8. The molecule has 4 nitrogen and oxygen atoms in total. The smallest absolute Gasteiger partial charge is 0.141 e. The van der Waals surface area contributed by atoms with Crippen LogP contribution < -0.4 is 4.74 Å². The molecule has 0 amide bonds. The Kier molecular flexibility index (Phi) is 5.69. The number of fused-ring (bicyclic) bond motifs is 1. The van der Waals surface area contributed by atoms with Gasteiger partial charge in [0.05, 0.1) is 36.5 Å². The van der Waals surface area contributed by atoms with Crippen LogP contribution in [0.3, 0.4) is 0 Å². The molecule has 2 heterocycles. The van der Waals surface area contributed by atoms with Gasteiger partial charge in [0.2, 0.25) is 0 Å². The van der Waals surface area contributed by atoms with Gasteiger partial charge in [-0.25, -0.2) is 0 Å². The number of halogens is 1. The second-order valence-corrected chi connectivity index (χ2v) is 7.79. The molecule has 3 unspecified atom stereocenters. The van der Waals surface area contributed by atoms with E-state index in [0.717, 1.165) is 35.3 Å². The average molecular weight is 389 g/mol. The molecule has 2 aliphatic rings. The van der Waals surface area contributed by atoms with Crippen LogP contribution in [0.4, 0.5) is 0 Å². The van der Waals surface area contributed by atoms with Crippen molar-refractivity contribution >= 4 is 11.6 Å². The highest BCUT2D eigenvalue weighted by Gasteiger charge is 2.33. The van der Waals surface area contributed by atoms with Gasteiger partial charge in [-0.3, -0.25) is 0 Å². The molecule has 3 atom stereocenters. The molecule has 0 saturated carbocycles. The summed E-state index contributed by atoms with van der Waals surface area (Å²) in [5.41, 5.74) is 4.30. The highest BCUT2D eigenvalue weighted by atomic mass is 35.5. The minimum absolute atomic E-state index is 0.0866. The number of benzene rings is 2. The molecule has 0 spiro atoms. The molecular weight excluding hydrogens is 364 g/mol. The van der Waals surface area contributed by atoms with Crippen LogP contribution >= 0.6 is 11.6 Å². The zero-order valence-corrected chi connectivity index (χ0v) is 16.0. The number of hydrogen-bond acceptors (Lipinski definition) is 4. The van der Waals surface area contributed by atoms with Gasteiger partial charge in [-0.1, -0.05) is 48.0 Å². The van der Waals surface area contributed by atoms with Crippen molar-refractivity contribution < 1.29 is 19.7 Å². The highest BCUT2D eigenvalue weighted by Crippen LogP contribution is 2.44. The second kappa shape index (κ2) is 8.19. The molecule has 0 aromatic heterocycles. The van der Waals surface area contributed by atoms with Crippen molar-refractivity contribution in [2.45, 2.75) is 50.4 Å². The predicted octanol–water partition coefficient (Wildman–Crippen LogP) is 3.83. The normalized spacial score (nSPS) is 24.9. The molecule has 27 heavy (non-hydrogen) atoms. The lowest BCUT2D eigenvalue weighted by Crippen LogP contribution is -2.34. The number of hydrogen-bond donors (Lipinski definition) is 2. The topological polar surface area (TPSA) is 58.9 Å². The van der Waals surface area contributed by atoms with E-state index in [2.05, 4.69) is 18.2 Å². The molecule has 2 aromatic rings. The zero-order chi connectivity index (χ0) is 18.8. The largest absolute Gasteiger partial charge is 0.492 e. The summed E-state index contributed by atoms with van der Waals surface area (Å²) >= 11 is 6.72. The Bertz CT molecular complexity index is 793. The fraction of sp³-hybridized carbons (Fsp3) is 0.455. The van der Waals surface area contributed by atoms with Gasteiger partial charge < -0.3 is 19.7 Å². The van der Waals surface area contributed by atoms with E-state index < -0.39 is 6.10 Å². The van der Waals surface area contributed by atoms with E-state index in [1.165, 1.54) is 5.56 Å². The van der Waals surface area contributed by atoms with Gasteiger partial charge in [-0.2, -0.15) is 0 Å². The Labute approximate surface area is 164 Å². The van der Waals surface area contributed by atoms with Crippen LogP contribution in [-0.2, 0) is 17.6 Å². The van der Waals surface area contributed by atoms with Crippen LogP contribution in [0.25, 0.3) is 0 Å². The van der Waals surface area contributed by atoms with Crippen molar-refractivity contribution in [2.75, 3.05) is 13.2 Å². The standard InChI is InChI=1S/C22H25ClO4/c23-21-15(9-14-5-2-1-3-6-14)10-19(18-7-4-8-26-22(18)21)20-12-16(25)11-17(13-24)27-20/h1-3,5-6,10,16-17,20,24-25H,4,7-9,11-13H2. The van der Waals surface area contributed by atoms with E-state index in [4.69, 9.17) is 21.1 Å². The summed E-state index contributed by atoms with van der Waals surface area (Å²) in [6, 6.07) is 12.3. The third-order valence-electron chi connectivity index (χ3n) is 5.42. The summed E-state index contributed by atoms with van der Waals surface area (Å²) in [6.45, 7) is 0.574. The third kappa shape index (κ3) is 3.99. The van der Waals surface area contributed by atoms with E-state index >= 15 is 0 Å². The Balaban J connectivity index is 1.74. The van der Waals surface area contributed by atoms with E-state index in [-0.39, 0.29) is 18.8 Å². The first-order valence-corrected chi connectivity index (χ1v) is 9.98. The zero-order valence-electron chi connectivity index (χ0n) is 15.2. The van der Waals surface area contributed by atoms with Crippen LogP contribution in [0.2, 0.25) is 5.02 Å². The molecular formula is C22H25ClO4. The average Bonchev–Trinajstić information content (AvgIpc) is 2.70. The van der Waals surface area contributed by atoms with Crippen molar-refractivity contribution in [1.82, 2.24) is 0 Å². The molecule has 2 aliphatic heterocycles. The monoisotopic (exact) mass is 388 g/mol. The Morgan fingerprint density at radius 2 is 1.96 bits per heavy atom. The molecule has 2 N–H and O–H groups in total. The molecule has 0 aliphatic carbocycles. The lowest BCUT2D eigenvalue weighted by atomic mass is 9.88. The summed E-state index contributed by atoms with van der Waals surface area (Å²) in [4.78, 5) is 0. The maximum absolute atomic E-state index is 10.3. The van der Waals surface area contributed by atoms with Gasteiger partial charge in [0.25, 0.3) is 0 Å². The number of aliphatic hydroxyl groups is 2. The fourth-order valence-electron chi connectivity index (χ4n) is 4.12. The fourth-order valence-corrected chi connectivity index (χ4v) is 4.41. The first-order valence-electron chi connectivity index (χ1n) is 9.61. The van der Waals surface area contributed by atoms with Crippen molar-refractivity contribution in [3.63, 3.8) is 0 Å². The summed E-state index contributed by atoms with van der Waals surface area (Å²) in [5, 5.41) is 20.5. The molecule has 1 fully saturated rings. The Hall–Kier alpha value is -1.59. The number of aliphatic hydroxyl groups excluding tert-OH is 2. The van der Waals surface area contributed by atoms with E-state index in [1.54, 1.807) is 0 Å². The summed E-state index contributed by atoms with van der Waals surface area (Å²) in [7, 11) is 0. The molecule has 0 bridgehead atoms. The van der Waals surface area contributed by atoms with Crippen molar-refractivity contribution in [3.8, 4) is 5.75 Å². The van der Waals surface area contributed by atoms with Gasteiger partial charge in [0, 0.05) is 18.4 Å². The van der Waals surface area contributed by atoms with Crippen LogP contribution in [0.1, 0.15) is 47.6 Å². The predicted molar refractivity (Wildman–Crippen MR) is 104 cm³/mol. The number of rotatable bonds is 4. The van der Waals surface area contributed by atoms with Crippen LogP contribution in [0.5, 0.6) is 5.75 Å². The minimum atomic E-state index is -0.477. The second-order valence-electron chi connectivity index (χ2n) is 7.42. The van der Waals surface area contributed by atoms with Crippen molar-refractivity contribution in [3.05, 3.63) is 63.7 Å². The minimum Gasteiger partial charge on any atom is -0.492 e. The SMILES string of the molecule is OCC1CC(O)CC(c2cc(Cc3ccccc3)c(Cl)c3c2CCCO3)O1. The highest BCUT2D eigenvalue weighted by molar-refractivity contribution is 6.33. The van der Waals surface area contributed by atoms with Crippen molar-refractivity contribution in [1.29, 1.82) is 0 Å². The van der Waals surface area contributed by atoms with E-state index in [9.17, 15) is 10.2 Å². The van der Waals surface area contributed by atoms with E-state index in [0.29, 0.717) is 30.9 Å². The van der Waals surface area contributed by atoms with Crippen molar-refractivity contribution in [2.24, 2.45) is 0 Å². The van der Waals surface area contributed by atoms with Crippen LogP contribution in [0.15, 0.2) is 36.4 Å². The Morgan fingerprint density at radius 1 is 1.15 bits per heavy atom. The van der Waals surface area contributed by atoms with E-state index in [1.807, 2.05) is 18.2 Å². The lowest BCUT2D eigenvalue weighted by molar-refractivity contribution is -0.114.